The van der Waals surface area contributed by atoms with Crippen LogP contribution in [0, 0.1) is 11.8 Å². The molecular formula is C15H17F3O3. The fourth-order valence-corrected chi connectivity index (χ4v) is 1.36. The van der Waals surface area contributed by atoms with Gasteiger partial charge in [0, 0.05) is 12.0 Å². The maximum atomic E-state index is 11.8. The highest BCUT2D eigenvalue weighted by Crippen LogP contribution is 2.18. The Morgan fingerprint density at radius 2 is 1.76 bits per heavy atom. The molecule has 3 nitrogen and oxygen atoms in total. The van der Waals surface area contributed by atoms with Gasteiger partial charge in [0.2, 0.25) is 0 Å². The van der Waals surface area contributed by atoms with Crippen LogP contribution in [-0.2, 0) is 4.74 Å². The molecule has 0 aromatic heterocycles. The minimum absolute atomic E-state index is 0.0303. The highest BCUT2D eigenvalue weighted by atomic mass is 19.4. The second-order valence-electron chi connectivity index (χ2n) is 4.13. The van der Waals surface area contributed by atoms with Crippen LogP contribution in [-0.4, -0.2) is 37.7 Å². The molecule has 0 amide bonds. The molecule has 0 aliphatic carbocycles. The molecule has 1 aromatic carbocycles. The molecule has 116 valence electrons. The first-order valence-corrected chi connectivity index (χ1v) is 6.48. The Kier molecular flexibility index (Phi) is 7.65. The van der Waals surface area contributed by atoms with Gasteiger partial charge in [-0.15, -0.1) is 0 Å². The number of rotatable bonds is 7. The Balaban J connectivity index is 2.20. The van der Waals surface area contributed by atoms with Gasteiger partial charge in [0.25, 0.3) is 0 Å². The second-order valence-corrected chi connectivity index (χ2v) is 4.13. The SMILES string of the molecule is OCCC#Cc1ccc(OCCOCCC(F)(F)F)cc1. The smallest absolute Gasteiger partial charge is 0.391 e. The van der Waals surface area contributed by atoms with Crippen molar-refractivity contribution >= 4 is 0 Å². The zero-order valence-corrected chi connectivity index (χ0v) is 11.4. The summed E-state index contributed by atoms with van der Waals surface area (Å²) in [6, 6.07) is 6.98. The fourth-order valence-electron chi connectivity index (χ4n) is 1.36. The van der Waals surface area contributed by atoms with Gasteiger partial charge in [0.1, 0.15) is 12.4 Å². The van der Waals surface area contributed by atoms with Crippen LogP contribution in [0.1, 0.15) is 18.4 Å². The first-order valence-electron chi connectivity index (χ1n) is 6.48. The molecule has 0 spiro atoms. The third-order valence-corrected chi connectivity index (χ3v) is 2.35. The number of ether oxygens (including phenoxy) is 2. The fraction of sp³-hybridized carbons (Fsp3) is 0.467. The number of hydrogen-bond donors (Lipinski definition) is 1. The van der Waals surface area contributed by atoms with E-state index < -0.39 is 12.6 Å². The molecule has 1 rings (SSSR count). The molecule has 0 saturated carbocycles. The van der Waals surface area contributed by atoms with E-state index in [0.29, 0.717) is 12.2 Å². The molecule has 1 N–H and O–H groups in total. The molecule has 0 unspecified atom stereocenters. The van der Waals surface area contributed by atoms with Gasteiger partial charge in [-0.1, -0.05) is 11.8 Å². The molecule has 1 aromatic rings. The number of aliphatic hydroxyl groups is 1. The predicted octanol–water partition coefficient (Wildman–Crippen LogP) is 2.77. The topological polar surface area (TPSA) is 38.7 Å². The van der Waals surface area contributed by atoms with Gasteiger partial charge in [-0.25, -0.2) is 0 Å². The normalized spacial score (nSPS) is 10.9. The molecule has 0 atom stereocenters. The van der Waals surface area contributed by atoms with Crippen molar-refractivity contribution in [3.8, 4) is 17.6 Å². The monoisotopic (exact) mass is 302 g/mol. The highest BCUT2D eigenvalue weighted by Gasteiger charge is 2.26. The summed E-state index contributed by atoms with van der Waals surface area (Å²) in [6.45, 7) is -0.0314. The molecule has 0 radical (unpaired) electrons. The first-order chi connectivity index (χ1) is 10.0. The van der Waals surface area contributed by atoms with Crippen molar-refractivity contribution in [2.75, 3.05) is 26.4 Å². The molecule has 0 aliphatic rings. The van der Waals surface area contributed by atoms with E-state index in [-0.39, 0.29) is 26.4 Å². The van der Waals surface area contributed by atoms with Gasteiger partial charge in [0.05, 0.1) is 26.2 Å². The summed E-state index contributed by atoms with van der Waals surface area (Å²) in [6.07, 6.45) is -4.71. The van der Waals surface area contributed by atoms with Gasteiger partial charge in [0.15, 0.2) is 0 Å². The van der Waals surface area contributed by atoms with Crippen LogP contribution in [0.3, 0.4) is 0 Å². The van der Waals surface area contributed by atoms with E-state index in [4.69, 9.17) is 14.6 Å². The lowest BCUT2D eigenvalue weighted by Crippen LogP contribution is -2.14. The summed E-state index contributed by atoms with van der Waals surface area (Å²) < 4.78 is 45.7. The number of hydrogen-bond acceptors (Lipinski definition) is 3. The van der Waals surface area contributed by atoms with Crippen LogP contribution in [0.5, 0.6) is 5.75 Å². The van der Waals surface area contributed by atoms with Crippen LogP contribution in [0.2, 0.25) is 0 Å². The zero-order valence-electron chi connectivity index (χ0n) is 11.4. The van der Waals surface area contributed by atoms with Crippen LogP contribution < -0.4 is 4.74 Å². The second kappa shape index (κ2) is 9.27. The Morgan fingerprint density at radius 3 is 2.38 bits per heavy atom. The number of aliphatic hydroxyl groups excluding tert-OH is 1. The number of halogens is 3. The maximum Gasteiger partial charge on any atom is 0.391 e. The molecule has 6 heteroatoms. The van der Waals surface area contributed by atoms with Crippen LogP contribution in [0.25, 0.3) is 0 Å². The summed E-state index contributed by atoms with van der Waals surface area (Å²) in [5.74, 6) is 6.27. The van der Waals surface area contributed by atoms with Crippen LogP contribution >= 0.6 is 0 Å². The largest absolute Gasteiger partial charge is 0.491 e. The molecule has 21 heavy (non-hydrogen) atoms. The van der Waals surface area contributed by atoms with Gasteiger partial charge in [-0.05, 0) is 24.3 Å². The standard InChI is InChI=1S/C15H17F3O3/c16-15(17,18)8-10-20-11-12-21-14-6-4-13(5-7-14)3-1-2-9-19/h4-7,19H,2,8-12H2. The van der Waals surface area contributed by atoms with Gasteiger partial charge >= 0.3 is 6.18 Å². The van der Waals surface area contributed by atoms with Crippen molar-refractivity contribution in [1.29, 1.82) is 0 Å². The van der Waals surface area contributed by atoms with E-state index in [1.54, 1.807) is 24.3 Å². The van der Waals surface area contributed by atoms with Gasteiger partial charge in [-0.3, -0.25) is 0 Å². The molecular weight excluding hydrogens is 285 g/mol. The third-order valence-electron chi connectivity index (χ3n) is 2.35. The lowest BCUT2D eigenvalue weighted by atomic mass is 10.2. The molecule has 0 bridgehead atoms. The zero-order chi connectivity index (χ0) is 15.6. The quantitative estimate of drug-likeness (QED) is 0.622. The summed E-state index contributed by atoms with van der Waals surface area (Å²) in [4.78, 5) is 0. The Labute approximate surface area is 121 Å². The number of benzene rings is 1. The lowest BCUT2D eigenvalue weighted by molar-refractivity contribution is -0.145. The van der Waals surface area contributed by atoms with Crippen LogP contribution in [0.4, 0.5) is 13.2 Å². The van der Waals surface area contributed by atoms with Crippen molar-refractivity contribution in [3.63, 3.8) is 0 Å². The van der Waals surface area contributed by atoms with E-state index in [0.717, 1.165) is 5.56 Å². The van der Waals surface area contributed by atoms with Crippen LogP contribution in [0.15, 0.2) is 24.3 Å². The maximum absolute atomic E-state index is 11.8. The average Bonchev–Trinajstić information content (AvgIpc) is 2.43. The Morgan fingerprint density at radius 1 is 1.05 bits per heavy atom. The van der Waals surface area contributed by atoms with E-state index in [9.17, 15) is 13.2 Å². The summed E-state index contributed by atoms with van der Waals surface area (Å²) in [7, 11) is 0. The van der Waals surface area contributed by atoms with Gasteiger partial charge < -0.3 is 14.6 Å². The minimum Gasteiger partial charge on any atom is -0.491 e. The van der Waals surface area contributed by atoms with E-state index in [1.807, 2.05) is 0 Å². The first kappa shape index (κ1) is 17.3. The van der Waals surface area contributed by atoms with Crippen molar-refractivity contribution in [2.24, 2.45) is 0 Å². The van der Waals surface area contributed by atoms with E-state index in [1.165, 1.54) is 0 Å². The minimum atomic E-state index is -4.19. The number of alkyl halides is 3. The average molecular weight is 302 g/mol. The lowest BCUT2D eigenvalue weighted by Gasteiger charge is -2.08. The van der Waals surface area contributed by atoms with Crippen molar-refractivity contribution in [1.82, 2.24) is 0 Å². The summed E-state index contributed by atoms with van der Waals surface area (Å²) >= 11 is 0. The highest BCUT2D eigenvalue weighted by molar-refractivity contribution is 5.38. The molecule has 0 saturated heterocycles. The summed E-state index contributed by atoms with van der Waals surface area (Å²) in [5.41, 5.74) is 0.803. The van der Waals surface area contributed by atoms with Crippen molar-refractivity contribution in [2.45, 2.75) is 19.0 Å². The van der Waals surface area contributed by atoms with E-state index in [2.05, 4.69) is 11.8 Å². The van der Waals surface area contributed by atoms with Gasteiger partial charge in [-0.2, -0.15) is 13.2 Å². The molecule has 0 aliphatic heterocycles. The molecule has 0 fully saturated rings. The third kappa shape index (κ3) is 8.95. The summed E-state index contributed by atoms with van der Waals surface area (Å²) in [5, 5.41) is 8.59. The predicted molar refractivity (Wildman–Crippen MR) is 72.0 cm³/mol. The Hall–Kier alpha value is -1.71. The Bertz CT molecular complexity index is 458. The van der Waals surface area contributed by atoms with E-state index >= 15 is 0 Å². The van der Waals surface area contributed by atoms with Crippen molar-refractivity contribution in [3.05, 3.63) is 29.8 Å². The van der Waals surface area contributed by atoms with Crippen molar-refractivity contribution < 1.29 is 27.8 Å². The molecule has 0 heterocycles.